The zero-order valence-electron chi connectivity index (χ0n) is 17.7. The largest absolute Gasteiger partial charge is 0.490 e. The highest BCUT2D eigenvalue weighted by Crippen LogP contribution is 2.66. The van der Waals surface area contributed by atoms with E-state index < -0.39 is 65.3 Å². The number of nitrogens with two attached hydrogens (primary N) is 1. The fourth-order valence-corrected chi connectivity index (χ4v) is 5.45. The second-order valence-electron chi connectivity index (χ2n) is 6.18. The van der Waals surface area contributed by atoms with Crippen LogP contribution in [-0.2, 0) is 31.6 Å². The number of terminal acetylenes is 1. The first-order valence-corrected chi connectivity index (χ1v) is 12.4. The van der Waals surface area contributed by atoms with Gasteiger partial charge >= 0.3 is 29.2 Å². The standard InChI is InChI=1S/C12H18N3O14P3/c1-3-12(13)9(17)7(27-10(12)15-6(2)4-8(16)14-11(15)18)5-26-31(22,23)29-32(24,25)28-30(19,20)21/h1,4,7,9-10,17H,5,13H2,2H3,(H,22,23)(H,24,25)(H,14,16,18)(H2,19,20,21)/t7-,9+,10-,12?/m1/s1/i5D2. The van der Waals surface area contributed by atoms with Gasteiger partial charge in [-0.25, -0.2) is 18.5 Å². The number of aliphatic hydroxyl groups is 1. The van der Waals surface area contributed by atoms with Gasteiger partial charge in [0.2, 0.25) is 0 Å². The Hall–Kier alpha value is -1.47. The molecule has 3 unspecified atom stereocenters. The molecule has 1 aromatic heterocycles. The van der Waals surface area contributed by atoms with Gasteiger partial charge in [0.15, 0.2) is 11.8 Å². The number of phosphoric acid groups is 3. The Morgan fingerprint density at radius 1 is 1.31 bits per heavy atom. The molecule has 0 bridgehead atoms. The Labute approximate surface area is 181 Å². The van der Waals surface area contributed by atoms with Crippen LogP contribution in [0, 0.1) is 19.3 Å². The van der Waals surface area contributed by atoms with Crippen molar-refractivity contribution in [1.82, 2.24) is 9.55 Å². The molecule has 8 N–H and O–H groups in total. The number of nitrogens with zero attached hydrogens (tertiary/aromatic N) is 1. The Morgan fingerprint density at radius 3 is 2.41 bits per heavy atom. The molecule has 1 saturated heterocycles. The van der Waals surface area contributed by atoms with Crippen LogP contribution < -0.4 is 17.0 Å². The molecule has 17 nitrogen and oxygen atoms in total. The number of aromatic amines is 1. The smallest absolute Gasteiger partial charge is 0.387 e. The highest BCUT2D eigenvalue weighted by Gasteiger charge is 2.55. The van der Waals surface area contributed by atoms with Crippen LogP contribution in [0.25, 0.3) is 0 Å². The molecule has 1 aliphatic heterocycles. The van der Waals surface area contributed by atoms with Crippen molar-refractivity contribution in [3.63, 3.8) is 0 Å². The lowest BCUT2D eigenvalue weighted by molar-refractivity contribution is -0.0475. The normalized spacial score (nSPS) is 31.1. The van der Waals surface area contributed by atoms with Gasteiger partial charge in [-0.1, -0.05) is 5.92 Å². The minimum Gasteiger partial charge on any atom is -0.387 e. The van der Waals surface area contributed by atoms with E-state index in [0.29, 0.717) is 4.57 Å². The van der Waals surface area contributed by atoms with Crippen LogP contribution in [0.5, 0.6) is 0 Å². The minimum atomic E-state index is -6.02. The summed E-state index contributed by atoms with van der Waals surface area (Å²) < 4.78 is 66.8. The van der Waals surface area contributed by atoms with Crippen molar-refractivity contribution in [3.05, 3.63) is 32.6 Å². The number of aliphatic hydroxyl groups excluding tert-OH is 1. The summed E-state index contributed by atoms with van der Waals surface area (Å²) in [6.45, 7) is -2.38. The molecule has 0 aromatic carbocycles. The third-order valence-electron chi connectivity index (χ3n) is 3.81. The summed E-state index contributed by atoms with van der Waals surface area (Å²) in [5.74, 6) is 1.91. The Balaban J connectivity index is 2.41. The van der Waals surface area contributed by atoms with Crippen molar-refractivity contribution in [2.75, 3.05) is 6.56 Å². The molecule has 32 heavy (non-hydrogen) atoms. The Bertz CT molecular complexity index is 1270. The molecular formula is C12H18N3O14P3. The van der Waals surface area contributed by atoms with E-state index in [2.05, 4.69) is 13.1 Å². The molecular weight excluding hydrogens is 503 g/mol. The van der Waals surface area contributed by atoms with Gasteiger partial charge in [-0.05, 0) is 6.92 Å². The average molecular weight is 523 g/mol. The van der Waals surface area contributed by atoms with Gasteiger partial charge in [0.25, 0.3) is 5.56 Å². The van der Waals surface area contributed by atoms with Crippen LogP contribution in [0.15, 0.2) is 15.7 Å². The van der Waals surface area contributed by atoms with E-state index in [-0.39, 0.29) is 5.69 Å². The Kier molecular flexibility index (Phi) is 6.70. The lowest BCUT2D eigenvalue weighted by Gasteiger charge is -2.28. The summed E-state index contributed by atoms with van der Waals surface area (Å²) in [4.78, 5) is 61.5. The number of H-pyrrole nitrogens is 1. The first-order valence-electron chi connectivity index (χ1n) is 8.91. The number of aryl methyl sites for hydroxylation is 1. The number of hydrogen-bond acceptors (Lipinski definition) is 11. The summed E-state index contributed by atoms with van der Waals surface area (Å²) in [6.07, 6.45) is -1.19. The molecule has 6 atom stereocenters. The second-order valence-corrected chi connectivity index (χ2v) is 10.5. The van der Waals surface area contributed by atoms with Gasteiger partial charge in [0, 0.05) is 11.8 Å². The maximum absolute atomic E-state index is 12.3. The summed E-state index contributed by atoms with van der Waals surface area (Å²) in [7, 11) is -17.7. The second kappa shape index (κ2) is 9.05. The van der Waals surface area contributed by atoms with Gasteiger partial charge in [-0.3, -0.25) is 18.9 Å². The summed E-state index contributed by atoms with van der Waals surface area (Å²) in [5.41, 5.74) is 1.50. The number of hydrogen-bond donors (Lipinski definition) is 7. The van der Waals surface area contributed by atoms with E-state index in [1.807, 2.05) is 10.9 Å². The Morgan fingerprint density at radius 2 is 1.91 bits per heavy atom. The van der Waals surface area contributed by atoms with Crippen LogP contribution in [0.4, 0.5) is 0 Å². The van der Waals surface area contributed by atoms with Gasteiger partial charge in [-0.2, -0.15) is 8.62 Å². The fourth-order valence-electron chi connectivity index (χ4n) is 2.57. The van der Waals surface area contributed by atoms with E-state index in [1.165, 1.54) is 6.92 Å². The lowest BCUT2D eigenvalue weighted by atomic mass is 9.92. The van der Waals surface area contributed by atoms with E-state index in [1.54, 1.807) is 0 Å². The van der Waals surface area contributed by atoms with Crippen LogP contribution >= 0.6 is 23.5 Å². The van der Waals surface area contributed by atoms with E-state index in [4.69, 9.17) is 29.4 Å². The highest BCUT2D eigenvalue weighted by molar-refractivity contribution is 7.66. The van der Waals surface area contributed by atoms with Crippen molar-refractivity contribution in [1.29, 1.82) is 0 Å². The number of phosphoric ester groups is 1. The molecule has 20 heteroatoms. The molecule has 1 fully saturated rings. The first-order chi connectivity index (χ1) is 15.1. The molecule has 1 aliphatic rings. The molecule has 2 rings (SSSR count). The maximum atomic E-state index is 12.3. The molecule has 180 valence electrons. The van der Waals surface area contributed by atoms with Gasteiger partial charge < -0.3 is 35.2 Å². The lowest BCUT2D eigenvalue weighted by Crippen LogP contribution is -2.55. The summed E-state index contributed by atoms with van der Waals surface area (Å²) in [6, 6.07) is 0.919. The van der Waals surface area contributed by atoms with Crippen LogP contribution in [0.1, 0.15) is 14.7 Å². The number of nitrogens with one attached hydrogen (secondary N) is 1. The van der Waals surface area contributed by atoms with Crippen molar-refractivity contribution in [2.24, 2.45) is 5.73 Å². The van der Waals surface area contributed by atoms with Crippen molar-refractivity contribution < 1.29 is 59.0 Å². The predicted molar refractivity (Wildman–Crippen MR) is 102 cm³/mol. The monoisotopic (exact) mass is 523 g/mol. The van der Waals surface area contributed by atoms with Gasteiger partial charge in [0.1, 0.15) is 12.2 Å². The van der Waals surface area contributed by atoms with Crippen molar-refractivity contribution >= 4 is 23.5 Å². The predicted octanol–water partition coefficient (Wildman–Crippen LogP) is -2.22. The van der Waals surface area contributed by atoms with Gasteiger partial charge in [0.05, 0.1) is 9.30 Å². The van der Waals surface area contributed by atoms with E-state index >= 15 is 0 Å². The highest BCUT2D eigenvalue weighted by atomic mass is 31.3. The topological polar surface area (TPSA) is 270 Å². The molecule has 0 radical (unpaired) electrons. The number of aromatic nitrogens is 2. The molecule has 0 amide bonds. The van der Waals surface area contributed by atoms with Crippen LogP contribution in [-0.4, -0.2) is 58.5 Å². The summed E-state index contributed by atoms with van der Waals surface area (Å²) in [5, 5.41) is 10.6. The minimum absolute atomic E-state index is 0.0925. The van der Waals surface area contributed by atoms with E-state index in [9.17, 15) is 38.2 Å². The third kappa shape index (κ3) is 6.10. The maximum Gasteiger partial charge on any atom is 0.490 e. The molecule has 2 heterocycles. The van der Waals surface area contributed by atoms with Crippen LogP contribution in [0.3, 0.4) is 0 Å². The van der Waals surface area contributed by atoms with E-state index in [0.717, 1.165) is 6.07 Å². The van der Waals surface area contributed by atoms with Crippen molar-refractivity contribution in [3.8, 4) is 12.3 Å². The SMILES string of the molecule is [2H]C([2H])(OP(=O)(O)OP(=O)(O)OP(=O)(O)O)[C@H]1O[C@@H](n2c(C)cc(=O)[nH]c2=O)C(N)(C#C)[C@H]1O. The average Bonchev–Trinajstić information content (AvgIpc) is 2.83. The molecule has 0 saturated carbocycles. The zero-order chi connectivity index (χ0) is 26.5. The molecule has 0 aliphatic carbocycles. The third-order valence-corrected chi connectivity index (χ3v) is 7.48. The van der Waals surface area contributed by atoms with Crippen LogP contribution in [0.2, 0.25) is 0 Å². The molecule has 0 spiro atoms. The van der Waals surface area contributed by atoms with Gasteiger partial charge in [-0.15, -0.1) is 6.42 Å². The molecule has 1 aromatic rings. The summed E-state index contributed by atoms with van der Waals surface area (Å²) >= 11 is 0. The quantitative estimate of drug-likeness (QED) is 0.140. The fraction of sp³-hybridized carbons (Fsp3) is 0.500. The zero-order valence-corrected chi connectivity index (χ0v) is 18.3. The van der Waals surface area contributed by atoms with Crippen molar-refractivity contribution in [2.45, 2.75) is 30.9 Å². The number of rotatable bonds is 8. The number of ether oxygens (including phenoxy) is 1. The first kappa shape index (κ1) is 23.7.